The molecule has 0 fully saturated rings. The molecule has 1 N–H and O–H groups in total. The number of hydrogen-bond donors (Lipinski definition) is 1. The first-order valence-electron chi connectivity index (χ1n) is 10.7. The zero-order valence-electron chi connectivity index (χ0n) is 19.4. The summed E-state index contributed by atoms with van der Waals surface area (Å²) in [5.41, 5.74) is 6.97. The molecule has 3 aromatic rings. The normalized spacial score (nSPS) is 12.7. The fourth-order valence-corrected chi connectivity index (χ4v) is 3.58. The average molecular weight is 399 g/mol. The number of nitrogens with one attached hydrogen (secondary N) is 1. The number of anilines is 1. The minimum absolute atomic E-state index is 0.0157. The minimum atomic E-state index is 0.0157. The van der Waals surface area contributed by atoms with E-state index in [2.05, 4.69) is 127 Å². The van der Waals surface area contributed by atoms with Crippen molar-refractivity contribution in [2.24, 2.45) is 4.99 Å². The van der Waals surface area contributed by atoms with E-state index in [0.717, 1.165) is 22.8 Å². The van der Waals surface area contributed by atoms with E-state index >= 15 is 0 Å². The van der Waals surface area contributed by atoms with Gasteiger partial charge < -0.3 is 5.32 Å². The SMILES string of the molecule is Cc1ccc(C(=Nc2ccccc2C(C)(C)C)Nc2ccccc2C(C)(C)C)cc1. The van der Waals surface area contributed by atoms with Crippen molar-refractivity contribution >= 4 is 17.2 Å². The van der Waals surface area contributed by atoms with Gasteiger partial charge in [-0.25, -0.2) is 4.99 Å². The van der Waals surface area contributed by atoms with E-state index in [1.54, 1.807) is 0 Å². The summed E-state index contributed by atoms with van der Waals surface area (Å²) in [6, 6.07) is 25.5. The summed E-state index contributed by atoms with van der Waals surface area (Å²) < 4.78 is 0. The van der Waals surface area contributed by atoms with Gasteiger partial charge in [0.25, 0.3) is 0 Å². The second-order valence-electron chi connectivity index (χ2n) is 10.0. The van der Waals surface area contributed by atoms with Crippen LogP contribution in [0.15, 0.2) is 77.8 Å². The molecule has 3 rings (SSSR count). The van der Waals surface area contributed by atoms with Crippen molar-refractivity contribution in [1.82, 2.24) is 0 Å². The highest BCUT2D eigenvalue weighted by Gasteiger charge is 2.20. The number of amidine groups is 1. The molecule has 2 heteroatoms. The van der Waals surface area contributed by atoms with Gasteiger partial charge in [0.2, 0.25) is 0 Å². The van der Waals surface area contributed by atoms with Crippen LogP contribution in [0.5, 0.6) is 0 Å². The van der Waals surface area contributed by atoms with Gasteiger partial charge in [-0.3, -0.25) is 0 Å². The fraction of sp³-hybridized carbons (Fsp3) is 0.321. The highest BCUT2D eigenvalue weighted by atomic mass is 15.0. The lowest BCUT2D eigenvalue weighted by Gasteiger charge is -2.25. The topological polar surface area (TPSA) is 24.4 Å². The predicted octanol–water partition coefficient (Wildman–Crippen LogP) is 7.78. The molecule has 0 aliphatic heterocycles. The van der Waals surface area contributed by atoms with Gasteiger partial charge in [0.05, 0.1) is 5.69 Å². The quantitative estimate of drug-likeness (QED) is 0.353. The molecule has 0 radical (unpaired) electrons. The number of aliphatic imine (C=N–C) groups is 1. The Bertz CT molecular complexity index is 1030. The highest BCUT2D eigenvalue weighted by molar-refractivity contribution is 6.10. The molecule has 0 amide bonds. The summed E-state index contributed by atoms with van der Waals surface area (Å²) in [4.78, 5) is 5.15. The Balaban J connectivity index is 2.15. The molecule has 0 spiro atoms. The van der Waals surface area contributed by atoms with Crippen LogP contribution in [0.3, 0.4) is 0 Å². The van der Waals surface area contributed by atoms with Gasteiger partial charge in [0.1, 0.15) is 5.84 Å². The summed E-state index contributed by atoms with van der Waals surface area (Å²) in [6.45, 7) is 15.5. The number of aryl methyl sites for hydroxylation is 1. The Morgan fingerprint density at radius 2 is 1.20 bits per heavy atom. The van der Waals surface area contributed by atoms with Crippen molar-refractivity contribution in [2.75, 3.05) is 5.32 Å². The van der Waals surface area contributed by atoms with Crippen LogP contribution in [-0.4, -0.2) is 5.84 Å². The van der Waals surface area contributed by atoms with Crippen LogP contribution in [0, 0.1) is 6.92 Å². The second kappa shape index (κ2) is 8.47. The average Bonchev–Trinajstić information content (AvgIpc) is 2.67. The van der Waals surface area contributed by atoms with Gasteiger partial charge in [0.15, 0.2) is 0 Å². The molecular weight excluding hydrogens is 364 g/mol. The van der Waals surface area contributed by atoms with Crippen molar-refractivity contribution in [1.29, 1.82) is 0 Å². The van der Waals surface area contributed by atoms with E-state index in [4.69, 9.17) is 4.99 Å². The van der Waals surface area contributed by atoms with Crippen molar-refractivity contribution in [3.05, 3.63) is 95.1 Å². The molecule has 2 nitrogen and oxygen atoms in total. The number of para-hydroxylation sites is 2. The Kier molecular flexibility index (Phi) is 6.17. The summed E-state index contributed by atoms with van der Waals surface area (Å²) in [7, 11) is 0. The molecule has 0 bridgehead atoms. The molecule has 0 saturated carbocycles. The predicted molar refractivity (Wildman–Crippen MR) is 131 cm³/mol. The maximum absolute atomic E-state index is 5.15. The van der Waals surface area contributed by atoms with Crippen LogP contribution >= 0.6 is 0 Å². The van der Waals surface area contributed by atoms with E-state index in [1.807, 2.05) is 0 Å². The maximum atomic E-state index is 5.15. The van der Waals surface area contributed by atoms with E-state index in [0.29, 0.717) is 0 Å². The smallest absolute Gasteiger partial charge is 0.138 e. The lowest BCUT2D eigenvalue weighted by Crippen LogP contribution is -2.20. The Morgan fingerprint density at radius 1 is 0.667 bits per heavy atom. The molecule has 3 aromatic carbocycles. The Morgan fingerprint density at radius 3 is 1.80 bits per heavy atom. The third-order valence-electron chi connectivity index (χ3n) is 5.26. The number of benzene rings is 3. The molecule has 0 saturated heterocycles. The van der Waals surface area contributed by atoms with Gasteiger partial charge in [0, 0.05) is 11.3 Å². The zero-order valence-corrected chi connectivity index (χ0v) is 19.4. The molecule has 0 aliphatic rings. The number of rotatable bonds is 3. The fourth-order valence-electron chi connectivity index (χ4n) is 3.58. The molecule has 0 atom stereocenters. The van der Waals surface area contributed by atoms with Crippen molar-refractivity contribution < 1.29 is 0 Å². The van der Waals surface area contributed by atoms with Gasteiger partial charge >= 0.3 is 0 Å². The second-order valence-corrected chi connectivity index (χ2v) is 10.0. The molecule has 0 aromatic heterocycles. The largest absolute Gasteiger partial charge is 0.339 e. The van der Waals surface area contributed by atoms with Crippen LogP contribution in [-0.2, 0) is 10.8 Å². The van der Waals surface area contributed by atoms with Crippen LogP contribution in [0.1, 0.15) is 63.8 Å². The van der Waals surface area contributed by atoms with Crippen LogP contribution in [0.2, 0.25) is 0 Å². The Hall–Kier alpha value is -2.87. The first-order chi connectivity index (χ1) is 14.1. The lowest BCUT2D eigenvalue weighted by molar-refractivity contribution is 0.591. The molecule has 0 aliphatic carbocycles. The monoisotopic (exact) mass is 398 g/mol. The third kappa shape index (κ3) is 5.18. The first-order valence-corrected chi connectivity index (χ1v) is 10.7. The Labute approximate surface area is 182 Å². The molecule has 0 unspecified atom stereocenters. The van der Waals surface area contributed by atoms with Gasteiger partial charge in [-0.05, 0) is 41.0 Å². The lowest BCUT2D eigenvalue weighted by atomic mass is 9.85. The molecule has 30 heavy (non-hydrogen) atoms. The molecule has 0 heterocycles. The number of nitrogens with zero attached hydrogens (tertiary/aromatic N) is 1. The van der Waals surface area contributed by atoms with Crippen LogP contribution in [0.4, 0.5) is 11.4 Å². The van der Waals surface area contributed by atoms with E-state index < -0.39 is 0 Å². The first kappa shape index (κ1) is 21.8. The summed E-state index contributed by atoms with van der Waals surface area (Å²) in [5, 5.41) is 3.67. The summed E-state index contributed by atoms with van der Waals surface area (Å²) in [5.74, 6) is 0.864. The standard InChI is InChI=1S/C28H34N2/c1-20-16-18-21(19-17-20)26(29-24-14-10-8-12-22(24)27(2,3)4)30-25-15-11-9-13-23(25)28(5,6)7/h8-19H,1-7H3,(H,29,30). The van der Waals surface area contributed by atoms with E-state index in [1.165, 1.54) is 16.7 Å². The van der Waals surface area contributed by atoms with Crippen molar-refractivity contribution in [3.63, 3.8) is 0 Å². The minimum Gasteiger partial charge on any atom is -0.339 e. The summed E-state index contributed by atoms with van der Waals surface area (Å²) >= 11 is 0. The van der Waals surface area contributed by atoms with Crippen molar-refractivity contribution in [3.8, 4) is 0 Å². The van der Waals surface area contributed by atoms with Gasteiger partial charge in [-0.2, -0.15) is 0 Å². The summed E-state index contributed by atoms with van der Waals surface area (Å²) in [6.07, 6.45) is 0. The third-order valence-corrected chi connectivity index (χ3v) is 5.26. The maximum Gasteiger partial charge on any atom is 0.138 e. The van der Waals surface area contributed by atoms with Crippen LogP contribution < -0.4 is 5.32 Å². The van der Waals surface area contributed by atoms with Gasteiger partial charge in [-0.1, -0.05) is 108 Å². The van der Waals surface area contributed by atoms with Crippen molar-refractivity contribution in [2.45, 2.75) is 59.3 Å². The van der Waals surface area contributed by atoms with E-state index in [-0.39, 0.29) is 10.8 Å². The van der Waals surface area contributed by atoms with Gasteiger partial charge in [-0.15, -0.1) is 0 Å². The van der Waals surface area contributed by atoms with Crippen LogP contribution in [0.25, 0.3) is 0 Å². The number of hydrogen-bond acceptors (Lipinski definition) is 1. The van der Waals surface area contributed by atoms with E-state index in [9.17, 15) is 0 Å². The zero-order chi connectivity index (χ0) is 21.9. The molecule has 156 valence electrons. The molecular formula is C28H34N2. The highest BCUT2D eigenvalue weighted by Crippen LogP contribution is 2.33.